The lowest BCUT2D eigenvalue weighted by Crippen LogP contribution is -2.24. The van der Waals surface area contributed by atoms with Gasteiger partial charge in [0.15, 0.2) is 0 Å². The van der Waals surface area contributed by atoms with Crippen molar-refractivity contribution >= 4 is 40.9 Å². The Morgan fingerprint density at radius 1 is 1.14 bits per heavy atom. The number of ether oxygens (including phenoxy) is 3. The molecule has 3 aromatic rings. The fourth-order valence-corrected chi connectivity index (χ4v) is 4.36. The van der Waals surface area contributed by atoms with E-state index in [4.69, 9.17) is 37.6 Å². The molecule has 0 N–H and O–H groups in total. The van der Waals surface area contributed by atoms with Crippen LogP contribution in [0, 0.1) is 10.1 Å². The van der Waals surface area contributed by atoms with Crippen LogP contribution in [0.3, 0.4) is 0 Å². The molecule has 9 nitrogen and oxygen atoms in total. The molecule has 1 aliphatic heterocycles. The number of esters is 1. The molecule has 0 aromatic heterocycles. The van der Waals surface area contributed by atoms with Gasteiger partial charge < -0.3 is 14.2 Å². The predicted molar refractivity (Wildman–Crippen MR) is 137 cm³/mol. The Morgan fingerprint density at radius 3 is 2.59 bits per heavy atom. The summed E-state index contributed by atoms with van der Waals surface area (Å²) in [6.45, 7) is 0.498. The van der Waals surface area contributed by atoms with Gasteiger partial charge in [-0.05, 0) is 36.6 Å². The van der Waals surface area contributed by atoms with Gasteiger partial charge >= 0.3 is 11.7 Å². The Hall–Kier alpha value is -3.82. The van der Waals surface area contributed by atoms with Gasteiger partial charge in [-0.25, -0.2) is 0 Å². The van der Waals surface area contributed by atoms with Gasteiger partial charge in [0.05, 0.1) is 29.6 Å². The van der Waals surface area contributed by atoms with E-state index in [1.54, 1.807) is 0 Å². The monoisotopic (exact) mass is 544 g/mol. The number of hydrogen-bond acceptors (Lipinski definition) is 7. The van der Waals surface area contributed by atoms with Gasteiger partial charge in [-0.1, -0.05) is 41.9 Å². The maximum Gasteiger partial charge on any atom is 0.313 e. The molecule has 1 aliphatic rings. The molecule has 1 heterocycles. The van der Waals surface area contributed by atoms with Crippen LogP contribution in [0.25, 0.3) is 0 Å². The normalized spacial score (nSPS) is 14.2. The van der Waals surface area contributed by atoms with Gasteiger partial charge in [-0.3, -0.25) is 24.1 Å². The number of halogens is 2. The molecule has 1 unspecified atom stereocenters. The molecule has 0 aliphatic carbocycles. The van der Waals surface area contributed by atoms with E-state index in [0.717, 1.165) is 16.0 Å². The number of amides is 1. The molecule has 3 aromatic carbocycles. The lowest BCUT2D eigenvalue weighted by atomic mass is 9.93. The minimum absolute atomic E-state index is 0.0305. The quantitative estimate of drug-likeness (QED) is 0.150. The minimum atomic E-state index is -0.662. The van der Waals surface area contributed by atoms with E-state index in [1.165, 1.54) is 31.4 Å². The molecule has 192 valence electrons. The van der Waals surface area contributed by atoms with Crippen LogP contribution < -0.4 is 9.47 Å². The molecule has 0 saturated carbocycles. The summed E-state index contributed by atoms with van der Waals surface area (Å²) in [7, 11) is 1.30. The number of carbonyl (C=O) groups excluding carboxylic acids is 2. The second-order valence-electron chi connectivity index (χ2n) is 8.20. The van der Waals surface area contributed by atoms with Crippen LogP contribution in [0.5, 0.6) is 17.2 Å². The zero-order chi connectivity index (χ0) is 26.5. The summed E-state index contributed by atoms with van der Waals surface area (Å²) in [5, 5.41) is 11.9. The maximum atomic E-state index is 12.8. The first-order valence-electron chi connectivity index (χ1n) is 11.3. The summed E-state index contributed by atoms with van der Waals surface area (Å²) >= 11 is 12.6. The molecular formula is C26H22Cl2N2O7. The van der Waals surface area contributed by atoms with Crippen molar-refractivity contribution in [1.29, 1.82) is 0 Å². The van der Waals surface area contributed by atoms with Crippen molar-refractivity contribution < 1.29 is 28.7 Å². The van der Waals surface area contributed by atoms with Gasteiger partial charge in [0.1, 0.15) is 11.5 Å². The summed E-state index contributed by atoms with van der Waals surface area (Å²) in [6, 6.07) is 16.3. The zero-order valence-electron chi connectivity index (χ0n) is 19.7. The number of fused-ring (bicyclic) bond motifs is 1. The average Bonchev–Trinajstić information content (AvgIpc) is 2.91. The first-order chi connectivity index (χ1) is 17.8. The summed E-state index contributed by atoms with van der Waals surface area (Å²) < 4.78 is 17.3. The summed E-state index contributed by atoms with van der Waals surface area (Å²) in [6.07, 6.45) is 0.954. The topological polar surface area (TPSA) is 108 Å². The van der Waals surface area contributed by atoms with Crippen molar-refractivity contribution in [2.45, 2.75) is 18.8 Å². The SMILES string of the molecule is COC(=O)C1CCOc2cc(Oc3ccc(C(=O)N(Cl)CCc4ccccc4)cc3[N+](=O)[O-])c(Cl)cc21. The lowest BCUT2D eigenvalue weighted by Gasteiger charge is -2.25. The van der Waals surface area contributed by atoms with Crippen LogP contribution >= 0.6 is 23.4 Å². The zero-order valence-corrected chi connectivity index (χ0v) is 21.2. The van der Waals surface area contributed by atoms with Gasteiger partial charge in [0.25, 0.3) is 5.91 Å². The van der Waals surface area contributed by atoms with Crippen LogP contribution in [-0.4, -0.2) is 41.5 Å². The van der Waals surface area contributed by atoms with Gasteiger partial charge in [-0.15, -0.1) is 0 Å². The number of carbonyl (C=O) groups is 2. The van der Waals surface area contributed by atoms with Gasteiger partial charge in [0, 0.05) is 41.6 Å². The molecule has 4 rings (SSSR count). The second kappa shape index (κ2) is 11.5. The number of nitrogens with zero attached hydrogens (tertiary/aromatic N) is 2. The smallest absolute Gasteiger partial charge is 0.313 e. The number of rotatable bonds is 8. The van der Waals surface area contributed by atoms with Crippen molar-refractivity contribution in [2.24, 2.45) is 0 Å². The minimum Gasteiger partial charge on any atom is -0.493 e. The van der Waals surface area contributed by atoms with E-state index >= 15 is 0 Å². The molecule has 11 heteroatoms. The Morgan fingerprint density at radius 2 is 1.89 bits per heavy atom. The molecule has 0 fully saturated rings. The van der Waals surface area contributed by atoms with Crippen LogP contribution in [0.4, 0.5) is 5.69 Å². The third-order valence-electron chi connectivity index (χ3n) is 5.87. The number of methoxy groups -OCH3 is 1. The third kappa shape index (κ3) is 5.95. The highest BCUT2D eigenvalue weighted by atomic mass is 35.5. The maximum absolute atomic E-state index is 12.8. The predicted octanol–water partition coefficient (Wildman–Crippen LogP) is 5.92. The lowest BCUT2D eigenvalue weighted by molar-refractivity contribution is -0.385. The number of benzene rings is 3. The van der Waals surface area contributed by atoms with Crippen LogP contribution in [0.2, 0.25) is 5.02 Å². The first kappa shape index (κ1) is 26.2. The molecular weight excluding hydrogens is 523 g/mol. The summed E-state index contributed by atoms with van der Waals surface area (Å²) in [5.41, 5.74) is 1.13. The summed E-state index contributed by atoms with van der Waals surface area (Å²) in [5.74, 6) is -1.21. The van der Waals surface area contributed by atoms with Crippen molar-refractivity contribution in [3.8, 4) is 17.2 Å². The van der Waals surface area contributed by atoms with Crippen LogP contribution in [-0.2, 0) is 16.0 Å². The number of hydrogen-bond donors (Lipinski definition) is 0. The standard InChI is InChI=1S/C26H22Cl2N2O7/c1-35-26(32)18-10-12-36-23-15-24(20(27)14-19(18)23)37-22-8-7-17(13-21(22)30(33)34)25(31)29(28)11-9-16-5-3-2-4-6-16/h2-8,13-15,18H,9-12H2,1H3. The number of nitro benzene ring substituents is 1. The van der Waals surface area contributed by atoms with E-state index in [9.17, 15) is 19.7 Å². The number of nitro groups is 1. The van der Waals surface area contributed by atoms with Crippen molar-refractivity contribution in [1.82, 2.24) is 4.42 Å². The molecule has 0 radical (unpaired) electrons. The van der Waals surface area contributed by atoms with E-state index in [-0.39, 0.29) is 35.2 Å². The van der Waals surface area contributed by atoms with Crippen LogP contribution in [0.15, 0.2) is 60.7 Å². The van der Waals surface area contributed by atoms with Crippen molar-refractivity contribution in [2.75, 3.05) is 20.3 Å². The molecule has 0 spiro atoms. The Bertz CT molecular complexity index is 1330. The Kier molecular flexibility index (Phi) is 8.15. The molecule has 0 bridgehead atoms. The molecule has 1 amide bonds. The van der Waals surface area contributed by atoms with Gasteiger partial charge in [0.2, 0.25) is 5.75 Å². The first-order valence-corrected chi connectivity index (χ1v) is 12.0. The highest BCUT2D eigenvalue weighted by Gasteiger charge is 2.30. The van der Waals surface area contributed by atoms with E-state index < -0.39 is 28.4 Å². The fourth-order valence-electron chi connectivity index (χ4n) is 3.97. The molecule has 1 atom stereocenters. The van der Waals surface area contributed by atoms with Gasteiger partial charge in [-0.2, -0.15) is 0 Å². The summed E-state index contributed by atoms with van der Waals surface area (Å²) in [4.78, 5) is 36.0. The third-order valence-corrected chi connectivity index (χ3v) is 6.49. The highest BCUT2D eigenvalue weighted by Crippen LogP contribution is 2.43. The van der Waals surface area contributed by atoms with Crippen molar-refractivity contribution in [3.63, 3.8) is 0 Å². The van der Waals surface area contributed by atoms with E-state index in [1.807, 2.05) is 30.3 Å². The molecule has 37 heavy (non-hydrogen) atoms. The Balaban J connectivity index is 1.55. The fraction of sp³-hybridized carbons (Fsp3) is 0.231. The van der Waals surface area contributed by atoms with E-state index in [2.05, 4.69) is 0 Å². The van der Waals surface area contributed by atoms with Crippen molar-refractivity contribution in [3.05, 3.63) is 92.5 Å². The largest absolute Gasteiger partial charge is 0.493 e. The van der Waals surface area contributed by atoms with Crippen LogP contribution in [0.1, 0.15) is 33.8 Å². The average molecular weight is 545 g/mol. The highest BCUT2D eigenvalue weighted by molar-refractivity contribution is 6.32. The van der Waals surface area contributed by atoms with E-state index in [0.29, 0.717) is 24.2 Å². The second-order valence-corrected chi connectivity index (χ2v) is 9.02. The molecule has 0 saturated heterocycles. The Labute approximate surface area is 222 Å².